The monoisotopic (exact) mass is 684 g/mol. The molecule has 0 spiro atoms. The molecule has 6 aromatic rings. The van der Waals surface area contributed by atoms with Crippen LogP contribution in [0.25, 0.3) is 22.2 Å². The molecule has 46 heavy (non-hydrogen) atoms. The molecule has 0 aliphatic carbocycles. The molecular formula is C30H23ClF2N6O5S2. The van der Waals surface area contributed by atoms with Crippen molar-refractivity contribution < 1.29 is 31.4 Å². The second-order valence-electron chi connectivity index (χ2n) is 9.72. The van der Waals surface area contributed by atoms with E-state index in [1.54, 1.807) is 42.5 Å². The van der Waals surface area contributed by atoms with E-state index >= 15 is 4.39 Å². The first-order valence-corrected chi connectivity index (χ1v) is 15.9. The molecule has 0 fully saturated rings. The highest BCUT2D eigenvalue weighted by molar-refractivity contribution is 7.93. The van der Waals surface area contributed by atoms with Crippen LogP contribution in [0, 0.1) is 11.6 Å². The largest absolute Gasteiger partial charge is 0.497 e. The molecule has 11 nitrogen and oxygen atoms in total. The van der Waals surface area contributed by atoms with E-state index in [9.17, 15) is 12.8 Å². The number of aromatic amines is 1. The van der Waals surface area contributed by atoms with Gasteiger partial charge in [0, 0.05) is 45.9 Å². The highest BCUT2D eigenvalue weighted by Crippen LogP contribution is 2.41. The van der Waals surface area contributed by atoms with Gasteiger partial charge in [-0.15, -0.1) is 0 Å². The van der Waals surface area contributed by atoms with Crippen molar-refractivity contribution in [1.29, 1.82) is 0 Å². The number of H-pyrrole nitrogens is 1. The number of aromatic nitrogens is 4. The number of hydrogen-bond donors (Lipinski definition) is 2. The van der Waals surface area contributed by atoms with Crippen molar-refractivity contribution in [2.75, 3.05) is 24.3 Å². The third-order valence-corrected chi connectivity index (χ3v) is 9.70. The van der Waals surface area contributed by atoms with Crippen LogP contribution in [-0.4, -0.2) is 42.0 Å². The van der Waals surface area contributed by atoms with Crippen LogP contribution in [0.4, 0.5) is 19.9 Å². The van der Waals surface area contributed by atoms with Crippen LogP contribution < -0.4 is 24.2 Å². The van der Waals surface area contributed by atoms with Gasteiger partial charge in [-0.1, -0.05) is 17.7 Å². The van der Waals surface area contributed by atoms with Crippen molar-refractivity contribution in [3.8, 4) is 34.1 Å². The van der Waals surface area contributed by atoms with Crippen LogP contribution in [0.5, 0.6) is 23.0 Å². The summed E-state index contributed by atoms with van der Waals surface area (Å²) >= 11 is 7.08. The van der Waals surface area contributed by atoms with Gasteiger partial charge in [0.25, 0.3) is 10.0 Å². The van der Waals surface area contributed by atoms with Crippen molar-refractivity contribution in [2.45, 2.75) is 11.4 Å². The van der Waals surface area contributed by atoms with E-state index < -0.39 is 32.3 Å². The predicted molar refractivity (Wildman–Crippen MR) is 170 cm³/mol. The summed E-state index contributed by atoms with van der Waals surface area (Å²) in [6.45, 7) is -0.347. The van der Waals surface area contributed by atoms with Gasteiger partial charge in [0.1, 0.15) is 29.4 Å². The van der Waals surface area contributed by atoms with Crippen molar-refractivity contribution in [2.24, 2.45) is 0 Å². The van der Waals surface area contributed by atoms with Crippen LogP contribution in [0.1, 0.15) is 5.56 Å². The van der Waals surface area contributed by atoms with Crippen molar-refractivity contribution in [3.05, 3.63) is 95.3 Å². The summed E-state index contributed by atoms with van der Waals surface area (Å²) in [6, 6.07) is 15.8. The van der Waals surface area contributed by atoms with Crippen LogP contribution >= 0.6 is 23.1 Å². The number of benzene rings is 4. The van der Waals surface area contributed by atoms with E-state index in [1.165, 1.54) is 26.4 Å². The smallest absolute Gasteiger partial charge is 0.273 e. The van der Waals surface area contributed by atoms with E-state index in [1.807, 2.05) is 0 Å². The van der Waals surface area contributed by atoms with Crippen LogP contribution in [0.3, 0.4) is 0 Å². The lowest BCUT2D eigenvalue weighted by Crippen LogP contribution is -2.31. The maximum Gasteiger partial charge on any atom is 0.273 e. The normalized spacial score (nSPS) is 11.5. The van der Waals surface area contributed by atoms with Gasteiger partial charge >= 0.3 is 0 Å². The van der Waals surface area contributed by atoms with Gasteiger partial charge in [-0.25, -0.2) is 31.5 Å². The first kappa shape index (κ1) is 31.0. The minimum Gasteiger partial charge on any atom is -0.497 e. The summed E-state index contributed by atoms with van der Waals surface area (Å²) in [5.41, 5.74) is 8.40. The van der Waals surface area contributed by atoms with Crippen LogP contribution in [-0.2, 0) is 16.6 Å². The molecule has 4 aromatic carbocycles. The maximum absolute atomic E-state index is 15.7. The molecule has 3 N–H and O–H groups in total. The van der Waals surface area contributed by atoms with Crippen molar-refractivity contribution >= 4 is 55.3 Å². The Kier molecular flexibility index (Phi) is 8.37. The number of hydrogen-bond acceptors (Lipinski definition) is 10. The molecule has 2 aromatic heterocycles. The Labute approximate surface area is 270 Å². The zero-order chi connectivity index (χ0) is 32.6. The number of fused-ring (bicyclic) bond motifs is 1. The summed E-state index contributed by atoms with van der Waals surface area (Å²) in [7, 11) is -1.95. The maximum atomic E-state index is 15.7. The fourth-order valence-electron chi connectivity index (χ4n) is 4.78. The predicted octanol–water partition coefficient (Wildman–Crippen LogP) is 6.80. The van der Waals surface area contributed by atoms with Gasteiger partial charge < -0.3 is 24.9 Å². The minimum absolute atomic E-state index is 0.0666. The summed E-state index contributed by atoms with van der Waals surface area (Å²) < 4.78 is 80.7. The Balaban J connectivity index is 1.47. The second kappa shape index (κ2) is 12.4. The SMILES string of the molecule is COc1ccc(CN(c2ncns2)S(=O)(=O)c2c(F)cc(F)cc2Oc2ccc(Cl)cc2-c2ccc3nc(N)[nH]c3c2)c(OC)c1. The average molecular weight is 685 g/mol. The first-order chi connectivity index (χ1) is 22.1. The number of methoxy groups -OCH3 is 2. The van der Waals surface area contributed by atoms with Gasteiger partial charge in [0.15, 0.2) is 22.4 Å². The number of nitrogens with zero attached hydrogens (tertiary/aromatic N) is 4. The molecule has 16 heteroatoms. The Hall–Kier alpha value is -4.99. The Morgan fingerprint density at radius 1 is 0.978 bits per heavy atom. The number of nitrogens with one attached hydrogen (secondary N) is 1. The quantitative estimate of drug-likeness (QED) is 0.159. The number of sulfonamides is 1. The van der Waals surface area contributed by atoms with Gasteiger partial charge in [-0.2, -0.15) is 4.37 Å². The lowest BCUT2D eigenvalue weighted by atomic mass is 10.0. The molecule has 0 amide bonds. The Morgan fingerprint density at radius 3 is 2.54 bits per heavy atom. The van der Waals surface area contributed by atoms with Gasteiger partial charge in [-0.3, -0.25) is 0 Å². The van der Waals surface area contributed by atoms with Gasteiger partial charge in [0.2, 0.25) is 5.13 Å². The van der Waals surface area contributed by atoms with Crippen molar-refractivity contribution in [3.63, 3.8) is 0 Å². The Morgan fingerprint density at radius 2 is 1.80 bits per heavy atom. The number of halogens is 3. The van der Waals surface area contributed by atoms with Gasteiger partial charge in [-0.05, 0) is 48.0 Å². The topological polar surface area (TPSA) is 146 Å². The third-order valence-electron chi connectivity index (χ3n) is 6.87. The molecule has 6 rings (SSSR count). The highest BCUT2D eigenvalue weighted by atomic mass is 35.5. The van der Waals surface area contributed by atoms with E-state index in [0.29, 0.717) is 50.3 Å². The second-order valence-corrected chi connectivity index (χ2v) is 12.7. The van der Waals surface area contributed by atoms with E-state index in [4.69, 9.17) is 31.5 Å². The molecule has 0 bridgehead atoms. The fourth-order valence-corrected chi connectivity index (χ4v) is 7.22. The van der Waals surface area contributed by atoms with E-state index in [0.717, 1.165) is 28.2 Å². The van der Waals surface area contributed by atoms with E-state index in [2.05, 4.69) is 19.3 Å². The summed E-state index contributed by atoms with van der Waals surface area (Å²) in [5, 5.41) is 0.257. The van der Waals surface area contributed by atoms with Crippen LogP contribution in [0.2, 0.25) is 5.02 Å². The molecule has 0 atom stereocenters. The average Bonchev–Trinajstić information content (AvgIpc) is 3.69. The number of imidazole rings is 1. The zero-order valence-electron chi connectivity index (χ0n) is 24.0. The van der Waals surface area contributed by atoms with E-state index in [-0.39, 0.29) is 23.4 Å². The molecule has 2 heterocycles. The number of nitrogen functional groups attached to an aromatic ring is 1. The lowest BCUT2D eigenvalue weighted by Gasteiger charge is -2.24. The molecule has 236 valence electrons. The molecule has 0 unspecified atom stereocenters. The number of rotatable bonds is 10. The number of ether oxygens (including phenoxy) is 3. The zero-order valence-corrected chi connectivity index (χ0v) is 26.4. The molecule has 0 saturated heterocycles. The third kappa shape index (κ3) is 5.99. The Bertz CT molecular complexity index is 2180. The molecular weight excluding hydrogens is 662 g/mol. The summed E-state index contributed by atoms with van der Waals surface area (Å²) in [5.74, 6) is -1.98. The molecule has 0 aliphatic rings. The lowest BCUT2D eigenvalue weighted by molar-refractivity contribution is 0.391. The highest BCUT2D eigenvalue weighted by Gasteiger charge is 2.35. The standard InChI is InChI=1S/C30H23ClF2N6O5S2/c1-42-20-6-3-17(26(13-20)43-2)14-39(30-35-15-36-45-30)46(40,41)28-22(33)11-19(32)12-27(28)44-25-8-5-18(31)10-21(25)16-4-7-23-24(9-16)38-29(34)37-23/h3-13,15H,14H2,1-2H3,(H3,34,37,38). The fraction of sp³-hybridized carbons (Fsp3) is 0.100. The van der Waals surface area contributed by atoms with Gasteiger partial charge in [0.05, 0.1) is 31.8 Å². The van der Waals surface area contributed by atoms with Crippen LogP contribution in [0.15, 0.2) is 78.0 Å². The van der Waals surface area contributed by atoms with Crippen molar-refractivity contribution in [1.82, 2.24) is 19.3 Å². The molecule has 0 aliphatic heterocycles. The number of anilines is 2. The number of nitrogens with two attached hydrogens (primary N) is 1. The molecule has 0 radical (unpaired) electrons. The first-order valence-electron chi connectivity index (χ1n) is 13.3. The minimum atomic E-state index is -4.84. The molecule has 0 saturated carbocycles. The summed E-state index contributed by atoms with van der Waals surface area (Å²) in [4.78, 5) is 10.3. The summed E-state index contributed by atoms with van der Waals surface area (Å²) in [6.07, 6.45) is 1.16.